The number of pyridine rings is 1. The van der Waals surface area contributed by atoms with E-state index in [9.17, 15) is 8.42 Å². The Morgan fingerprint density at radius 2 is 1.80 bits per heavy atom. The van der Waals surface area contributed by atoms with E-state index in [1.165, 1.54) is 0 Å². The summed E-state index contributed by atoms with van der Waals surface area (Å²) < 4.78 is 28.5. The Kier molecular flexibility index (Phi) is 5.68. The molecule has 1 aromatic heterocycles. The summed E-state index contributed by atoms with van der Waals surface area (Å²) in [5, 5.41) is 5.17. The van der Waals surface area contributed by atoms with Gasteiger partial charge in [0.2, 0.25) is 0 Å². The van der Waals surface area contributed by atoms with Gasteiger partial charge in [0.15, 0.2) is 0 Å². The molecule has 160 valence electrons. The molecule has 1 aromatic carbocycles. The molecule has 0 aliphatic carbocycles. The van der Waals surface area contributed by atoms with E-state index in [2.05, 4.69) is 31.4 Å². The molecule has 9 heteroatoms. The molecular weight excluding hydrogens is 400 g/mol. The average molecular weight is 429 g/mol. The smallest absolute Gasteiger partial charge is 0.261 e. The van der Waals surface area contributed by atoms with E-state index >= 15 is 0 Å². The van der Waals surface area contributed by atoms with Crippen LogP contribution >= 0.6 is 0 Å². The Hall–Kier alpha value is -2.62. The zero-order valence-corrected chi connectivity index (χ0v) is 18.3. The van der Waals surface area contributed by atoms with Crippen LogP contribution in [-0.4, -0.2) is 57.7 Å². The van der Waals surface area contributed by atoms with Gasteiger partial charge in [-0.15, -0.1) is 0 Å². The van der Waals surface area contributed by atoms with Crippen LogP contribution in [0.5, 0.6) is 0 Å². The van der Waals surface area contributed by atoms with E-state index in [-0.39, 0.29) is 10.9 Å². The van der Waals surface area contributed by atoms with Crippen LogP contribution in [-0.2, 0) is 10.0 Å². The lowest BCUT2D eigenvalue weighted by Crippen LogP contribution is -2.43. The lowest BCUT2D eigenvalue weighted by molar-refractivity contribution is 0.315. The van der Waals surface area contributed by atoms with Crippen molar-refractivity contribution in [1.29, 1.82) is 0 Å². The minimum absolute atomic E-state index is 0.0933. The maximum atomic E-state index is 12.9. The molecule has 3 heterocycles. The van der Waals surface area contributed by atoms with E-state index in [4.69, 9.17) is 0 Å². The maximum absolute atomic E-state index is 12.9. The third kappa shape index (κ3) is 4.14. The predicted octanol–water partition coefficient (Wildman–Crippen LogP) is 1.51. The second-order valence-corrected chi connectivity index (χ2v) is 9.36. The Bertz CT molecular complexity index is 1050. The SMILES string of the molecule is CC1=C(NS(=O)(=O)c2ccc(-c3ccnc(N4CCNCC4)c3)cc2)C(C)NN1C. The highest BCUT2D eigenvalue weighted by Gasteiger charge is 2.27. The van der Waals surface area contributed by atoms with Gasteiger partial charge in [0.1, 0.15) is 5.82 Å². The fourth-order valence-corrected chi connectivity index (χ4v) is 5.03. The zero-order valence-electron chi connectivity index (χ0n) is 17.5. The van der Waals surface area contributed by atoms with Crippen molar-refractivity contribution in [1.82, 2.24) is 25.5 Å². The number of hydrogen-bond donors (Lipinski definition) is 3. The summed E-state index contributed by atoms with van der Waals surface area (Å²) in [6.45, 7) is 7.56. The van der Waals surface area contributed by atoms with Crippen LogP contribution in [0.4, 0.5) is 5.82 Å². The number of sulfonamides is 1. The topological polar surface area (TPSA) is 89.6 Å². The number of hydrazine groups is 1. The van der Waals surface area contributed by atoms with Crippen LogP contribution in [0.1, 0.15) is 13.8 Å². The number of piperazine rings is 1. The molecule has 1 saturated heterocycles. The van der Waals surface area contributed by atoms with Crippen LogP contribution in [0.2, 0.25) is 0 Å². The Morgan fingerprint density at radius 1 is 1.10 bits per heavy atom. The first-order valence-electron chi connectivity index (χ1n) is 10.1. The van der Waals surface area contributed by atoms with Gasteiger partial charge in [-0.2, -0.15) is 0 Å². The normalized spacial score (nSPS) is 20.0. The number of allylic oxidation sites excluding steroid dienone is 1. The highest BCUT2D eigenvalue weighted by molar-refractivity contribution is 7.89. The summed E-state index contributed by atoms with van der Waals surface area (Å²) in [7, 11) is -1.79. The molecule has 1 unspecified atom stereocenters. The van der Waals surface area contributed by atoms with Gasteiger partial charge < -0.3 is 15.2 Å². The molecule has 2 aromatic rings. The maximum Gasteiger partial charge on any atom is 0.261 e. The standard InChI is InChI=1S/C21H28N6O2S/c1-15-21(16(2)26(3)24-15)25-30(28,29)19-6-4-17(5-7-19)18-8-9-23-20(14-18)27-12-10-22-11-13-27/h4-9,14-15,22,24-25H,10-13H2,1-3H3. The second kappa shape index (κ2) is 8.25. The van der Waals surface area contributed by atoms with Gasteiger partial charge in [-0.05, 0) is 49.2 Å². The first-order valence-corrected chi connectivity index (χ1v) is 11.6. The van der Waals surface area contributed by atoms with Gasteiger partial charge in [0.25, 0.3) is 10.0 Å². The molecule has 0 radical (unpaired) electrons. The van der Waals surface area contributed by atoms with E-state index in [0.717, 1.165) is 48.8 Å². The summed E-state index contributed by atoms with van der Waals surface area (Å²) in [6, 6.07) is 10.9. The van der Waals surface area contributed by atoms with E-state index in [1.807, 2.05) is 44.1 Å². The van der Waals surface area contributed by atoms with Gasteiger partial charge in [-0.1, -0.05) is 12.1 Å². The number of rotatable bonds is 5. The van der Waals surface area contributed by atoms with Crippen molar-refractivity contribution in [3.05, 3.63) is 54.0 Å². The summed E-state index contributed by atoms with van der Waals surface area (Å²) in [5.41, 5.74) is 6.67. The van der Waals surface area contributed by atoms with Gasteiger partial charge in [-0.3, -0.25) is 4.72 Å². The van der Waals surface area contributed by atoms with Crippen molar-refractivity contribution in [2.24, 2.45) is 0 Å². The van der Waals surface area contributed by atoms with Gasteiger partial charge in [0, 0.05) is 45.1 Å². The van der Waals surface area contributed by atoms with Crippen LogP contribution in [0, 0.1) is 0 Å². The average Bonchev–Trinajstić information content (AvgIpc) is 3.00. The van der Waals surface area contributed by atoms with Crippen LogP contribution in [0.3, 0.4) is 0 Å². The molecule has 1 fully saturated rings. The van der Waals surface area contributed by atoms with E-state index < -0.39 is 10.0 Å². The molecule has 1 atom stereocenters. The van der Waals surface area contributed by atoms with E-state index in [1.54, 1.807) is 18.3 Å². The zero-order chi connectivity index (χ0) is 21.3. The van der Waals surface area contributed by atoms with Crippen molar-refractivity contribution in [2.45, 2.75) is 24.8 Å². The van der Waals surface area contributed by atoms with Crippen molar-refractivity contribution >= 4 is 15.8 Å². The molecule has 30 heavy (non-hydrogen) atoms. The molecule has 0 spiro atoms. The molecule has 0 amide bonds. The van der Waals surface area contributed by atoms with Crippen molar-refractivity contribution in [2.75, 3.05) is 38.1 Å². The number of aromatic nitrogens is 1. The van der Waals surface area contributed by atoms with Crippen LogP contribution < -0.4 is 20.4 Å². The lowest BCUT2D eigenvalue weighted by atomic mass is 10.1. The molecule has 3 N–H and O–H groups in total. The van der Waals surface area contributed by atoms with Crippen molar-refractivity contribution in [3.63, 3.8) is 0 Å². The molecule has 8 nitrogen and oxygen atoms in total. The first kappa shape index (κ1) is 20.6. The Balaban J connectivity index is 1.54. The van der Waals surface area contributed by atoms with Crippen LogP contribution in [0.15, 0.2) is 58.9 Å². The Morgan fingerprint density at radius 3 is 2.43 bits per heavy atom. The van der Waals surface area contributed by atoms with Gasteiger partial charge in [0.05, 0.1) is 16.6 Å². The molecule has 0 bridgehead atoms. The summed E-state index contributed by atoms with van der Waals surface area (Å²) >= 11 is 0. The minimum Gasteiger partial charge on any atom is -0.354 e. The third-order valence-electron chi connectivity index (χ3n) is 5.64. The summed E-state index contributed by atoms with van der Waals surface area (Å²) in [4.78, 5) is 7.00. The molecule has 2 aliphatic heterocycles. The number of nitrogens with one attached hydrogen (secondary N) is 3. The van der Waals surface area contributed by atoms with E-state index in [0.29, 0.717) is 5.70 Å². The first-order chi connectivity index (χ1) is 14.3. The number of benzene rings is 1. The summed E-state index contributed by atoms with van der Waals surface area (Å²) in [5.74, 6) is 0.946. The van der Waals surface area contributed by atoms with Crippen molar-refractivity contribution < 1.29 is 8.42 Å². The minimum atomic E-state index is -3.66. The predicted molar refractivity (Wildman–Crippen MR) is 118 cm³/mol. The van der Waals surface area contributed by atoms with Crippen molar-refractivity contribution in [3.8, 4) is 11.1 Å². The largest absolute Gasteiger partial charge is 0.354 e. The molecule has 0 saturated carbocycles. The highest BCUT2D eigenvalue weighted by atomic mass is 32.2. The molecule has 2 aliphatic rings. The number of hydrogen-bond acceptors (Lipinski definition) is 7. The summed E-state index contributed by atoms with van der Waals surface area (Å²) in [6.07, 6.45) is 1.80. The fraction of sp³-hybridized carbons (Fsp3) is 0.381. The monoisotopic (exact) mass is 428 g/mol. The third-order valence-corrected chi connectivity index (χ3v) is 7.02. The van der Waals surface area contributed by atoms with Crippen LogP contribution in [0.25, 0.3) is 11.1 Å². The lowest BCUT2D eigenvalue weighted by Gasteiger charge is -2.28. The van der Waals surface area contributed by atoms with Gasteiger partial charge in [-0.25, -0.2) is 18.8 Å². The molecular formula is C21H28N6O2S. The number of anilines is 1. The number of nitrogens with zero attached hydrogens (tertiary/aromatic N) is 3. The second-order valence-electron chi connectivity index (χ2n) is 7.68. The fourth-order valence-electron chi connectivity index (χ4n) is 3.80. The highest BCUT2D eigenvalue weighted by Crippen LogP contribution is 2.25. The quantitative estimate of drug-likeness (QED) is 0.665. The molecule has 4 rings (SSSR count). The Labute approximate surface area is 178 Å². The van der Waals surface area contributed by atoms with Gasteiger partial charge >= 0.3 is 0 Å².